The number of rotatable bonds is 4. The molecule has 1 atom stereocenters. The lowest BCUT2D eigenvalue weighted by molar-refractivity contribution is -0.114. The molecule has 1 amide bonds. The highest BCUT2D eigenvalue weighted by molar-refractivity contribution is 7.89. The normalized spacial score (nSPS) is 18.0. The van der Waals surface area contributed by atoms with Gasteiger partial charge in [0.2, 0.25) is 15.9 Å². The van der Waals surface area contributed by atoms with Crippen LogP contribution in [0.3, 0.4) is 0 Å². The monoisotopic (exact) mass is 376 g/mol. The number of nitrogens with zero attached hydrogens (tertiary/aromatic N) is 1. The van der Waals surface area contributed by atoms with Crippen LogP contribution in [0.5, 0.6) is 0 Å². The second kappa shape index (κ2) is 7.17. The maximum atomic E-state index is 13.3. The molecule has 1 aliphatic rings. The van der Waals surface area contributed by atoms with Gasteiger partial charge in [-0.25, -0.2) is 12.8 Å². The first-order chi connectivity index (χ1) is 12.3. The zero-order valence-corrected chi connectivity index (χ0v) is 15.5. The Balaban J connectivity index is 2.03. The zero-order chi connectivity index (χ0) is 18.9. The molecule has 1 N–H and O–H groups in total. The molecule has 2 aromatic carbocycles. The van der Waals surface area contributed by atoms with Gasteiger partial charge in [0.25, 0.3) is 0 Å². The Kier molecular flexibility index (Phi) is 5.11. The second-order valence-electron chi connectivity index (χ2n) is 6.51. The number of sulfonamides is 1. The third-order valence-electron chi connectivity index (χ3n) is 4.49. The van der Waals surface area contributed by atoms with Crippen LogP contribution in [-0.4, -0.2) is 25.2 Å². The molecule has 26 heavy (non-hydrogen) atoms. The summed E-state index contributed by atoms with van der Waals surface area (Å²) < 4.78 is 41.3. The maximum absolute atomic E-state index is 13.3. The van der Waals surface area contributed by atoms with Gasteiger partial charge in [0.1, 0.15) is 10.7 Å². The van der Waals surface area contributed by atoms with Crippen molar-refractivity contribution in [3.8, 4) is 0 Å². The third kappa shape index (κ3) is 3.64. The smallest absolute Gasteiger partial charge is 0.245 e. The molecule has 0 aromatic heterocycles. The largest absolute Gasteiger partial charge is 0.325 e. The van der Waals surface area contributed by atoms with E-state index in [9.17, 15) is 17.6 Å². The molecular formula is C19H21FN2O3S. The molecule has 1 heterocycles. The lowest BCUT2D eigenvalue weighted by Crippen LogP contribution is -2.31. The van der Waals surface area contributed by atoms with Gasteiger partial charge in [0, 0.05) is 13.5 Å². The third-order valence-corrected chi connectivity index (χ3v) is 6.44. The summed E-state index contributed by atoms with van der Waals surface area (Å²) >= 11 is 0. The Hall–Kier alpha value is -2.25. The standard InChI is InChI=1S/C19H21FN2O3S/c1-13-5-10-17(21-14(2)23)19(12-13)26(24,25)22-11-3-4-18(22)15-6-8-16(20)9-7-15/h5-10,12,18H,3-4,11H2,1-2H3,(H,21,23)/t18-/m0/s1. The Morgan fingerprint density at radius 3 is 2.54 bits per heavy atom. The molecule has 0 saturated carbocycles. The molecule has 1 saturated heterocycles. The van der Waals surface area contributed by atoms with E-state index < -0.39 is 10.0 Å². The first kappa shape index (κ1) is 18.5. The summed E-state index contributed by atoms with van der Waals surface area (Å²) in [5, 5.41) is 2.60. The number of aryl methyl sites for hydroxylation is 1. The van der Waals surface area contributed by atoms with Gasteiger partial charge < -0.3 is 5.32 Å². The van der Waals surface area contributed by atoms with Crippen LogP contribution < -0.4 is 5.32 Å². The van der Waals surface area contributed by atoms with Crippen LogP contribution in [0.2, 0.25) is 0 Å². The van der Waals surface area contributed by atoms with E-state index in [0.29, 0.717) is 13.0 Å². The van der Waals surface area contributed by atoms with Gasteiger partial charge in [-0.2, -0.15) is 4.31 Å². The molecule has 5 nitrogen and oxygen atoms in total. The van der Waals surface area contributed by atoms with E-state index in [2.05, 4.69) is 5.32 Å². The van der Waals surface area contributed by atoms with E-state index in [1.165, 1.54) is 23.4 Å². The average Bonchev–Trinajstić information content (AvgIpc) is 3.07. The first-order valence-electron chi connectivity index (χ1n) is 8.44. The predicted molar refractivity (Wildman–Crippen MR) is 97.7 cm³/mol. The predicted octanol–water partition coefficient (Wildman–Crippen LogP) is 3.62. The molecule has 7 heteroatoms. The highest BCUT2D eigenvalue weighted by Crippen LogP contribution is 2.38. The number of carbonyl (C=O) groups excluding carboxylic acids is 1. The number of nitrogens with one attached hydrogen (secondary N) is 1. The van der Waals surface area contributed by atoms with Gasteiger partial charge in [0.05, 0.1) is 11.7 Å². The molecule has 0 bridgehead atoms. The van der Waals surface area contributed by atoms with Crippen LogP contribution >= 0.6 is 0 Å². The fraction of sp³-hybridized carbons (Fsp3) is 0.316. The Labute approximate surface area is 152 Å². The van der Waals surface area contributed by atoms with E-state index >= 15 is 0 Å². The van der Waals surface area contributed by atoms with Crippen LogP contribution in [0.4, 0.5) is 10.1 Å². The average molecular weight is 376 g/mol. The number of anilines is 1. The number of benzene rings is 2. The fourth-order valence-electron chi connectivity index (χ4n) is 3.31. The molecule has 0 aliphatic carbocycles. The number of carbonyl (C=O) groups is 1. The van der Waals surface area contributed by atoms with Crippen molar-refractivity contribution in [2.45, 2.75) is 37.6 Å². The van der Waals surface area contributed by atoms with Crippen molar-refractivity contribution < 1.29 is 17.6 Å². The summed E-state index contributed by atoms with van der Waals surface area (Å²) in [6.45, 7) is 3.53. The van der Waals surface area contributed by atoms with Crippen LogP contribution in [0.1, 0.15) is 36.9 Å². The minimum absolute atomic E-state index is 0.0849. The summed E-state index contributed by atoms with van der Waals surface area (Å²) in [6, 6.07) is 10.5. The fourth-order valence-corrected chi connectivity index (χ4v) is 5.22. The lowest BCUT2D eigenvalue weighted by atomic mass is 10.1. The molecular weight excluding hydrogens is 355 g/mol. The van der Waals surface area contributed by atoms with E-state index in [0.717, 1.165) is 17.5 Å². The number of halogens is 1. The highest BCUT2D eigenvalue weighted by Gasteiger charge is 2.37. The van der Waals surface area contributed by atoms with Crippen molar-refractivity contribution in [3.05, 3.63) is 59.4 Å². The van der Waals surface area contributed by atoms with E-state index in [1.807, 2.05) is 0 Å². The van der Waals surface area contributed by atoms with Crippen LogP contribution in [-0.2, 0) is 14.8 Å². The van der Waals surface area contributed by atoms with Crippen LogP contribution in [0.15, 0.2) is 47.4 Å². The molecule has 3 rings (SSSR count). The van der Waals surface area contributed by atoms with Crippen LogP contribution in [0, 0.1) is 12.7 Å². The minimum Gasteiger partial charge on any atom is -0.325 e. The van der Waals surface area contributed by atoms with Crippen molar-refractivity contribution in [3.63, 3.8) is 0 Å². The zero-order valence-electron chi connectivity index (χ0n) is 14.7. The Morgan fingerprint density at radius 1 is 1.19 bits per heavy atom. The van der Waals surface area contributed by atoms with Crippen molar-refractivity contribution in [1.29, 1.82) is 0 Å². The Bertz CT molecular complexity index is 926. The van der Waals surface area contributed by atoms with Gasteiger partial charge in [-0.05, 0) is 55.2 Å². The lowest BCUT2D eigenvalue weighted by Gasteiger charge is -2.25. The van der Waals surface area contributed by atoms with E-state index in [4.69, 9.17) is 0 Å². The molecule has 0 spiro atoms. The van der Waals surface area contributed by atoms with Gasteiger partial charge in [-0.1, -0.05) is 18.2 Å². The highest BCUT2D eigenvalue weighted by atomic mass is 32.2. The number of amides is 1. The minimum atomic E-state index is -3.82. The topological polar surface area (TPSA) is 66.5 Å². The van der Waals surface area contributed by atoms with Crippen molar-refractivity contribution in [2.24, 2.45) is 0 Å². The SMILES string of the molecule is CC(=O)Nc1ccc(C)cc1S(=O)(=O)N1CCC[C@H]1c1ccc(F)cc1. The molecule has 0 unspecified atom stereocenters. The first-order valence-corrected chi connectivity index (χ1v) is 9.88. The van der Waals surface area contributed by atoms with E-state index in [-0.39, 0.29) is 28.3 Å². The summed E-state index contributed by atoms with van der Waals surface area (Å²) in [4.78, 5) is 11.5. The quantitative estimate of drug-likeness (QED) is 0.886. The molecule has 1 fully saturated rings. The van der Waals surface area contributed by atoms with Gasteiger partial charge in [-0.3, -0.25) is 4.79 Å². The number of hydrogen-bond acceptors (Lipinski definition) is 3. The molecule has 2 aromatic rings. The second-order valence-corrected chi connectivity index (χ2v) is 8.37. The number of hydrogen-bond donors (Lipinski definition) is 1. The Morgan fingerprint density at radius 2 is 1.88 bits per heavy atom. The molecule has 1 aliphatic heterocycles. The van der Waals surface area contributed by atoms with Gasteiger partial charge in [0.15, 0.2) is 0 Å². The summed E-state index contributed by atoms with van der Waals surface area (Å²) in [6.07, 6.45) is 1.40. The van der Waals surface area contributed by atoms with Crippen molar-refractivity contribution in [1.82, 2.24) is 4.31 Å². The molecule has 138 valence electrons. The van der Waals surface area contributed by atoms with E-state index in [1.54, 1.807) is 37.3 Å². The van der Waals surface area contributed by atoms with Crippen LogP contribution in [0.25, 0.3) is 0 Å². The van der Waals surface area contributed by atoms with Crippen molar-refractivity contribution in [2.75, 3.05) is 11.9 Å². The van der Waals surface area contributed by atoms with Gasteiger partial charge in [-0.15, -0.1) is 0 Å². The maximum Gasteiger partial charge on any atom is 0.245 e. The van der Waals surface area contributed by atoms with Crippen molar-refractivity contribution >= 4 is 21.6 Å². The summed E-state index contributed by atoms with van der Waals surface area (Å²) in [5.41, 5.74) is 1.82. The van der Waals surface area contributed by atoms with Gasteiger partial charge >= 0.3 is 0 Å². The molecule has 0 radical (unpaired) electrons. The summed E-state index contributed by atoms with van der Waals surface area (Å²) in [5.74, 6) is -0.686. The summed E-state index contributed by atoms with van der Waals surface area (Å²) in [7, 11) is -3.82.